The Bertz CT molecular complexity index is 854. The zero-order valence-electron chi connectivity index (χ0n) is 12.6. The zero-order valence-corrected chi connectivity index (χ0v) is 12.6. The Morgan fingerprint density at radius 1 is 1.48 bits per heavy atom. The fourth-order valence-electron chi connectivity index (χ4n) is 2.98. The number of likely N-dealkylation sites (tertiary alicyclic amines) is 1. The first-order valence-electron chi connectivity index (χ1n) is 7.51. The third-order valence-corrected chi connectivity index (χ3v) is 4.05. The topological polar surface area (TPSA) is 88.6 Å². The number of aromatic nitrogens is 4. The van der Waals surface area contributed by atoms with Gasteiger partial charge in [-0.2, -0.15) is 0 Å². The van der Waals surface area contributed by atoms with E-state index in [2.05, 4.69) is 20.7 Å². The highest BCUT2D eigenvalue weighted by molar-refractivity contribution is 5.93. The van der Waals surface area contributed by atoms with Crippen LogP contribution in [0, 0.1) is 6.92 Å². The van der Waals surface area contributed by atoms with Crippen LogP contribution in [0.15, 0.2) is 35.2 Å². The van der Waals surface area contributed by atoms with Crippen molar-refractivity contribution in [1.29, 1.82) is 0 Å². The summed E-state index contributed by atoms with van der Waals surface area (Å²) in [6.07, 6.45) is 5.24. The lowest BCUT2D eigenvalue weighted by atomic mass is 10.1. The number of nitrogens with one attached hydrogen (secondary N) is 1. The molecule has 3 aromatic rings. The summed E-state index contributed by atoms with van der Waals surface area (Å²) in [7, 11) is 0. The average molecular weight is 312 g/mol. The lowest BCUT2D eigenvalue weighted by Gasteiger charge is -2.23. The second kappa shape index (κ2) is 5.38. The summed E-state index contributed by atoms with van der Waals surface area (Å²) >= 11 is 0. The Labute approximate surface area is 132 Å². The number of pyridine rings is 1. The molecule has 3 aromatic heterocycles. The molecule has 1 fully saturated rings. The standard InChI is InChI=1S/C15H16N6O2/c1-10-8-13(23-19-10)12-5-3-7-21(12)15(22)17-11-4-2-6-20-9-16-18-14(11)20/h2,4,6,8-9,12H,3,5,7H2,1H3,(H,17,22)/t12-/m0/s1. The van der Waals surface area contributed by atoms with Crippen LogP contribution in [0.5, 0.6) is 0 Å². The molecule has 0 unspecified atom stereocenters. The lowest BCUT2D eigenvalue weighted by molar-refractivity contribution is 0.195. The molecule has 118 valence electrons. The number of hydrogen-bond donors (Lipinski definition) is 1. The second-order valence-corrected chi connectivity index (χ2v) is 5.64. The molecule has 1 aliphatic heterocycles. The fourth-order valence-corrected chi connectivity index (χ4v) is 2.98. The maximum absolute atomic E-state index is 12.7. The van der Waals surface area contributed by atoms with Crippen molar-refractivity contribution in [2.75, 3.05) is 11.9 Å². The van der Waals surface area contributed by atoms with E-state index in [4.69, 9.17) is 4.52 Å². The van der Waals surface area contributed by atoms with Gasteiger partial charge >= 0.3 is 6.03 Å². The van der Waals surface area contributed by atoms with Crippen molar-refractivity contribution in [2.24, 2.45) is 0 Å². The average Bonchev–Trinajstić information content (AvgIpc) is 3.26. The zero-order chi connectivity index (χ0) is 15.8. The van der Waals surface area contributed by atoms with Crippen molar-refractivity contribution in [2.45, 2.75) is 25.8 Å². The molecule has 0 saturated carbocycles. The molecule has 1 saturated heterocycles. The Morgan fingerprint density at radius 3 is 3.22 bits per heavy atom. The largest absolute Gasteiger partial charge is 0.359 e. The first kappa shape index (κ1) is 13.7. The number of rotatable bonds is 2. The van der Waals surface area contributed by atoms with E-state index in [-0.39, 0.29) is 12.1 Å². The molecule has 0 bridgehead atoms. The van der Waals surface area contributed by atoms with Crippen LogP contribution in [0.2, 0.25) is 0 Å². The fraction of sp³-hybridized carbons (Fsp3) is 0.333. The Hall–Kier alpha value is -2.90. The summed E-state index contributed by atoms with van der Waals surface area (Å²) < 4.78 is 7.10. The molecule has 4 heterocycles. The predicted molar refractivity (Wildman–Crippen MR) is 81.9 cm³/mol. The van der Waals surface area contributed by atoms with E-state index in [9.17, 15) is 4.79 Å². The molecule has 2 amide bonds. The molecule has 4 rings (SSSR count). The van der Waals surface area contributed by atoms with E-state index in [0.29, 0.717) is 17.9 Å². The monoisotopic (exact) mass is 312 g/mol. The summed E-state index contributed by atoms with van der Waals surface area (Å²) in [5.41, 5.74) is 2.07. The van der Waals surface area contributed by atoms with E-state index in [0.717, 1.165) is 24.3 Å². The highest BCUT2D eigenvalue weighted by Gasteiger charge is 2.33. The predicted octanol–water partition coefficient (Wildman–Crippen LogP) is 2.39. The Morgan fingerprint density at radius 2 is 2.39 bits per heavy atom. The number of hydrogen-bond acceptors (Lipinski definition) is 5. The highest BCUT2D eigenvalue weighted by atomic mass is 16.5. The van der Waals surface area contributed by atoms with Crippen LogP contribution in [-0.2, 0) is 0 Å². The number of carbonyl (C=O) groups excluding carboxylic acids is 1. The first-order chi connectivity index (χ1) is 11.2. The van der Waals surface area contributed by atoms with Crippen LogP contribution in [0.1, 0.15) is 30.3 Å². The molecule has 0 aliphatic carbocycles. The van der Waals surface area contributed by atoms with Gasteiger partial charge in [0.15, 0.2) is 11.4 Å². The van der Waals surface area contributed by atoms with E-state index in [1.807, 2.05) is 31.3 Å². The van der Waals surface area contributed by atoms with Gasteiger partial charge in [0.25, 0.3) is 0 Å². The molecular formula is C15H16N6O2. The van der Waals surface area contributed by atoms with Gasteiger partial charge in [0.1, 0.15) is 6.33 Å². The van der Waals surface area contributed by atoms with Gasteiger partial charge in [-0.15, -0.1) is 10.2 Å². The number of anilines is 1. The molecule has 8 heteroatoms. The van der Waals surface area contributed by atoms with Crippen molar-refractivity contribution >= 4 is 17.4 Å². The third-order valence-electron chi connectivity index (χ3n) is 4.05. The van der Waals surface area contributed by atoms with Crippen LogP contribution in [0.3, 0.4) is 0 Å². The van der Waals surface area contributed by atoms with Gasteiger partial charge in [-0.1, -0.05) is 5.16 Å². The van der Waals surface area contributed by atoms with Crippen molar-refractivity contribution in [1.82, 2.24) is 24.7 Å². The number of carbonyl (C=O) groups is 1. The smallest absolute Gasteiger partial charge is 0.322 e. The third kappa shape index (κ3) is 2.41. The van der Waals surface area contributed by atoms with Crippen LogP contribution >= 0.6 is 0 Å². The minimum atomic E-state index is -0.169. The summed E-state index contributed by atoms with van der Waals surface area (Å²) in [6.45, 7) is 2.56. The summed E-state index contributed by atoms with van der Waals surface area (Å²) in [4.78, 5) is 14.4. The molecule has 0 radical (unpaired) electrons. The number of amides is 2. The van der Waals surface area contributed by atoms with Gasteiger partial charge in [-0.05, 0) is 31.9 Å². The SMILES string of the molecule is Cc1cc([C@@H]2CCCN2C(=O)Nc2cccn3cnnc23)on1. The molecule has 0 aromatic carbocycles. The quantitative estimate of drug-likeness (QED) is 0.785. The van der Waals surface area contributed by atoms with Gasteiger partial charge in [-0.25, -0.2) is 4.79 Å². The minimum absolute atomic E-state index is 0.0752. The number of aryl methyl sites for hydroxylation is 1. The summed E-state index contributed by atoms with van der Waals surface area (Å²) in [6, 6.07) is 5.29. The lowest BCUT2D eigenvalue weighted by Crippen LogP contribution is -2.34. The van der Waals surface area contributed by atoms with Crippen molar-refractivity contribution in [3.8, 4) is 0 Å². The van der Waals surface area contributed by atoms with E-state index in [1.54, 1.807) is 15.6 Å². The van der Waals surface area contributed by atoms with E-state index < -0.39 is 0 Å². The van der Waals surface area contributed by atoms with Gasteiger partial charge in [0.05, 0.1) is 17.4 Å². The molecular weight excluding hydrogens is 296 g/mol. The molecule has 1 aliphatic rings. The minimum Gasteiger partial charge on any atom is -0.359 e. The van der Waals surface area contributed by atoms with Gasteiger partial charge in [0, 0.05) is 18.8 Å². The maximum atomic E-state index is 12.7. The molecule has 1 atom stereocenters. The van der Waals surface area contributed by atoms with Crippen LogP contribution in [-0.4, -0.2) is 37.2 Å². The summed E-state index contributed by atoms with van der Waals surface area (Å²) in [5.74, 6) is 0.732. The number of nitrogens with zero attached hydrogens (tertiary/aromatic N) is 5. The van der Waals surface area contributed by atoms with Gasteiger partial charge in [-0.3, -0.25) is 4.40 Å². The van der Waals surface area contributed by atoms with E-state index in [1.165, 1.54) is 0 Å². The Balaban J connectivity index is 1.57. The van der Waals surface area contributed by atoms with Crippen molar-refractivity contribution in [3.05, 3.63) is 42.2 Å². The molecule has 8 nitrogen and oxygen atoms in total. The van der Waals surface area contributed by atoms with Crippen molar-refractivity contribution in [3.63, 3.8) is 0 Å². The number of urea groups is 1. The molecule has 23 heavy (non-hydrogen) atoms. The normalized spacial score (nSPS) is 17.8. The highest BCUT2D eigenvalue weighted by Crippen LogP contribution is 2.32. The van der Waals surface area contributed by atoms with Crippen LogP contribution in [0.25, 0.3) is 5.65 Å². The van der Waals surface area contributed by atoms with E-state index >= 15 is 0 Å². The second-order valence-electron chi connectivity index (χ2n) is 5.64. The first-order valence-corrected chi connectivity index (χ1v) is 7.51. The van der Waals surface area contributed by atoms with Crippen LogP contribution < -0.4 is 5.32 Å². The summed E-state index contributed by atoms with van der Waals surface area (Å²) in [5, 5.41) is 14.7. The molecule has 1 N–H and O–H groups in total. The Kier molecular flexibility index (Phi) is 3.22. The maximum Gasteiger partial charge on any atom is 0.322 e. The van der Waals surface area contributed by atoms with Crippen LogP contribution in [0.4, 0.5) is 10.5 Å². The van der Waals surface area contributed by atoms with Gasteiger partial charge in [0.2, 0.25) is 0 Å². The molecule has 0 spiro atoms. The van der Waals surface area contributed by atoms with Gasteiger partial charge < -0.3 is 14.7 Å². The van der Waals surface area contributed by atoms with Crippen molar-refractivity contribution < 1.29 is 9.32 Å². The number of fused-ring (bicyclic) bond motifs is 1.